The number of pyridine rings is 1. The molecule has 1 saturated heterocycles. The van der Waals surface area contributed by atoms with Crippen LogP contribution in [0.25, 0.3) is 0 Å². The molecule has 1 aromatic heterocycles. The molecule has 0 aliphatic carbocycles. The molecule has 0 unspecified atom stereocenters. The van der Waals surface area contributed by atoms with Crippen molar-refractivity contribution in [3.05, 3.63) is 52.1 Å². The standard InChI is InChI=1S/C19H22BrN3O3S/c1-13-3-5-17(11-14(13)2)27(25,26)23-9-7-15(8-10-23)19(24)22-18-6-4-16(20)12-21-18/h3-6,11-12,15H,7-10H2,1-2H3,(H,21,22,24). The van der Waals surface area contributed by atoms with Gasteiger partial charge >= 0.3 is 0 Å². The number of nitrogens with zero attached hydrogens (tertiary/aromatic N) is 2. The van der Waals surface area contributed by atoms with Crippen LogP contribution in [-0.2, 0) is 14.8 Å². The van der Waals surface area contributed by atoms with Crippen molar-refractivity contribution in [2.45, 2.75) is 31.6 Å². The van der Waals surface area contributed by atoms with E-state index in [0.29, 0.717) is 36.6 Å². The topological polar surface area (TPSA) is 79.4 Å². The highest BCUT2D eigenvalue weighted by atomic mass is 79.9. The number of piperidine rings is 1. The molecule has 0 radical (unpaired) electrons. The van der Waals surface area contributed by atoms with Crippen LogP contribution in [0.4, 0.5) is 5.82 Å². The summed E-state index contributed by atoms with van der Waals surface area (Å²) >= 11 is 3.30. The van der Waals surface area contributed by atoms with Gasteiger partial charge in [-0.25, -0.2) is 13.4 Å². The van der Waals surface area contributed by atoms with E-state index in [0.717, 1.165) is 15.6 Å². The summed E-state index contributed by atoms with van der Waals surface area (Å²) in [5, 5.41) is 2.80. The fraction of sp³-hybridized carbons (Fsp3) is 0.368. The van der Waals surface area contributed by atoms with E-state index in [4.69, 9.17) is 0 Å². The Morgan fingerprint density at radius 1 is 1.15 bits per heavy atom. The summed E-state index contributed by atoms with van der Waals surface area (Å²) in [6.07, 6.45) is 2.60. The Morgan fingerprint density at radius 2 is 1.85 bits per heavy atom. The molecule has 2 aromatic rings. The number of aromatic nitrogens is 1. The van der Waals surface area contributed by atoms with Gasteiger partial charge < -0.3 is 5.32 Å². The lowest BCUT2D eigenvalue weighted by Crippen LogP contribution is -2.41. The molecule has 0 bridgehead atoms. The molecule has 1 fully saturated rings. The number of halogens is 1. The third-order valence-electron chi connectivity index (χ3n) is 4.92. The van der Waals surface area contributed by atoms with Crippen molar-refractivity contribution in [3.8, 4) is 0 Å². The molecule has 0 spiro atoms. The van der Waals surface area contributed by atoms with E-state index < -0.39 is 10.0 Å². The third kappa shape index (κ3) is 4.56. The molecular weight excluding hydrogens is 430 g/mol. The van der Waals surface area contributed by atoms with Crippen molar-refractivity contribution in [2.75, 3.05) is 18.4 Å². The van der Waals surface area contributed by atoms with Gasteiger partial charge in [-0.3, -0.25) is 4.79 Å². The Hall–Kier alpha value is -1.77. The van der Waals surface area contributed by atoms with Gasteiger partial charge in [-0.15, -0.1) is 0 Å². The molecule has 1 aliphatic heterocycles. The summed E-state index contributed by atoms with van der Waals surface area (Å²) in [5.74, 6) is 0.156. The number of benzene rings is 1. The molecule has 1 aliphatic rings. The van der Waals surface area contributed by atoms with Crippen LogP contribution in [0.1, 0.15) is 24.0 Å². The number of carbonyl (C=O) groups excluding carboxylic acids is 1. The lowest BCUT2D eigenvalue weighted by atomic mass is 9.97. The number of hydrogen-bond acceptors (Lipinski definition) is 4. The second kappa shape index (κ2) is 8.08. The molecule has 8 heteroatoms. The van der Waals surface area contributed by atoms with Crippen LogP contribution in [0, 0.1) is 19.8 Å². The predicted octanol–water partition coefficient (Wildman–Crippen LogP) is 3.50. The second-order valence-corrected chi connectivity index (χ2v) is 9.63. The van der Waals surface area contributed by atoms with E-state index in [1.165, 1.54) is 4.31 Å². The van der Waals surface area contributed by atoms with Gasteiger partial charge in [-0.1, -0.05) is 6.07 Å². The summed E-state index contributed by atoms with van der Waals surface area (Å²) in [6.45, 7) is 4.53. The van der Waals surface area contributed by atoms with Gasteiger partial charge in [-0.2, -0.15) is 4.31 Å². The maximum absolute atomic E-state index is 12.9. The van der Waals surface area contributed by atoms with Crippen LogP contribution in [0.5, 0.6) is 0 Å². The monoisotopic (exact) mass is 451 g/mol. The van der Waals surface area contributed by atoms with Gasteiger partial charge in [0, 0.05) is 29.7 Å². The van der Waals surface area contributed by atoms with Crippen LogP contribution in [0.3, 0.4) is 0 Å². The number of amides is 1. The number of nitrogens with one attached hydrogen (secondary N) is 1. The first kappa shape index (κ1) is 20.0. The van der Waals surface area contributed by atoms with Crippen molar-refractivity contribution in [1.82, 2.24) is 9.29 Å². The summed E-state index contributed by atoms with van der Waals surface area (Å²) < 4.78 is 28.0. The zero-order valence-electron chi connectivity index (χ0n) is 15.3. The Bertz CT molecular complexity index is 937. The van der Waals surface area contributed by atoms with Gasteiger partial charge in [0.2, 0.25) is 15.9 Å². The minimum Gasteiger partial charge on any atom is -0.310 e. The van der Waals surface area contributed by atoms with E-state index in [2.05, 4.69) is 26.2 Å². The number of rotatable bonds is 4. The molecule has 6 nitrogen and oxygen atoms in total. The van der Waals surface area contributed by atoms with E-state index in [1.54, 1.807) is 30.5 Å². The van der Waals surface area contributed by atoms with Crippen LogP contribution < -0.4 is 5.32 Å². The highest BCUT2D eigenvalue weighted by Crippen LogP contribution is 2.26. The quantitative estimate of drug-likeness (QED) is 0.770. The Morgan fingerprint density at radius 3 is 2.44 bits per heavy atom. The van der Waals surface area contributed by atoms with Crippen LogP contribution in [-0.4, -0.2) is 36.7 Å². The number of aryl methyl sites for hydroxylation is 2. The Balaban J connectivity index is 1.63. The summed E-state index contributed by atoms with van der Waals surface area (Å²) in [5.41, 5.74) is 2.01. The molecule has 0 saturated carbocycles. The molecule has 1 amide bonds. The molecule has 2 heterocycles. The fourth-order valence-corrected chi connectivity index (χ4v) is 4.85. The minimum atomic E-state index is -3.53. The number of anilines is 1. The second-order valence-electron chi connectivity index (χ2n) is 6.78. The van der Waals surface area contributed by atoms with Crippen LogP contribution in [0.2, 0.25) is 0 Å². The maximum Gasteiger partial charge on any atom is 0.243 e. The highest BCUT2D eigenvalue weighted by Gasteiger charge is 2.32. The zero-order chi connectivity index (χ0) is 19.6. The van der Waals surface area contributed by atoms with Crippen molar-refractivity contribution < 1.29 is 13.2 Å². The van der Waals surface area contributed by atoms with Crippen molar-refractivity contribution in [3.63, 3.8) is 0 Å². The van der Waals surface area contributed by atoms with E-state index in [9.17, 15) is 13.2 Å². The van der Waals surface area contributed by atoms with Crippen molar-refractivity contribution in [2.24, 2.45) is 5.92 Å². The number of carbonyl (C=O) groups is 1. The number of sulfonamides is 1. The zero-order valence-corrected chi connectivity index (χ0v) is 17.7. The highest BCUT2D eigenvalue weighted by molar-refractivity contribution is 9.10. The normalized spacial score (nSPS) is 16.3. The predicted molar refractivity (Wildman–Crippen MR) is 108 cm³/mol. The van der Waals surface area contributed by atoms with Gasteiger partial charge in [0.25, 0.3) is 0 Å². The lowest BCUT2D eigenvalue weighted by Gasteiger charge is -2.30. The molecular formula is C19H22BrN3O3S. The smallest absolute Gasteiger partial charge is 0.243 e. The van der Waals surface area contributed by atoms with Crippen LogP contribution >= 0.6 is 15.9 Å². The molecule has 1 N–H and O–H groups in total. The first-order valence-corrected chi connectivity index (χ1v) is 11.0. The van der Waals surface area contributed by atoms with E-state index in [1.807, 2.05) is 19.9 Å². The number of hydrogen-bond donors (Lipinski definition) is 1. The minimum absolute atomic E-state index is 0.118. The van der Waals surface area contributed by atoms with Gasteiger partial charge in [0.1, 0.15) is 5.82 Å². The summed E-state index contributed by atoms with van der Waals surface area (Å²) in [4.78, 5) is 16.9. The Kier molecular flexibility index (Phi) is 5.98. The molecule has 3 rings (SSSR count). The van der Waals surface area contributed by atoms with Crippen molar-refractivity contribution in [1.29, 1.82) is 0 Å². The van der Waals surface area contributed by atoms with Gasteiger partial charge in [0.15, 0.2) is 0 Å². The average Bonchev–Trinajstić information content (AvgIpc) is 2.66. The third-order valence-corrected chi connectivity index (χ3v) is 7.28. The first-order valence-electron chi connectivity index (χ1n) is 8.77. The molecule has 144 valence electrons. The molecule has 1 aromatic carbocycles. The fourth-order valence-electron chi connectivity index (χ4n) is 3.06. The van der Waals surface area contributed by atoms with E-state index in [-0.39, 0.29) is 11.8 Å². The SMILES string of the molecule is Cc1ccc(S(=O)(=O)N2CCC(C(=O)Nc3ccc(Br)cn3)CC2)cc1C. The lowest BCUT2D eigenvalue weighted by molar-refractivity contribution is -0.120. The largest absolute Gasteiger partial charge is 0.310 e. The van der Waals surface area contributed by atoms with Crippen molar-refractivity contribution >= 4 is 37.7 Å². The maximum atomic E-state index is 12.9. The molecule has 27 heavy (non-hydrogen) atoms. The molecule has 0 atom stereocenters. The summed E-state index contributed by atoms with van der Waals surface area (Å²) in [6, 6.07) is 8.72. The average molecular weight is 452 g/mol. The Labute approximate surface area is 168 Å². The van der Waals surface area contributed by atoms with Gasteiger partial charge in [0.05, 0.1) is 4.90 Å². The van der Waals surface area contributed by atoms with Crippen LogP contribution in [0.15, 0.2) is 45.9 Å². The van der Waals surface area contributed by atoms with E-state index >= 15 is 0 Å². The summed E-state index contributed by atoms with van der Waals surface area (Å²) in [7, 11) is -3.53. The first-order chi connectivity index (χ1) is 12.8. The van der Waals surface area contributed by atoms with Gasteiger partial charge in [-0.05, 0) is 78.0 Å².